The molecule has 0 N–H and O–H groups in total. The van der Waals surface area contributed by atoms with E-state index >= 15 is 0 Å². The van der Waals surface area contributed by atoms with Gasteiger partial charge in [0.25, 0.3) is 0 Å². The molecule has 2 heteroatoms. The molecule has 1 atom stereocenters. The highest BCUT2D eigenvalue weighted by Gasteiger charge is 2.51. The molecule has 1 heterocycles. The van der Waals surface area contributed by atoms with Gasteiger partial charge in [0.05, 0.1) is 11.1 Å². The third-order valence-electron chi connectivity index (χ3n) is 8.60. The molecular formula is C40H29NO. The number of para-hydroxylation sites is 4. The van der Waals surface area contributed by atoms with E-state index in [1.54, 1.807) is 0 Å². The zero-order valence-electron chi connectivity index (χ0n) is 23.4. The van der Waals surface area contributed by atoms with E-state index in [4.69, 9.17) is 4.74 Å². The number of ether oxygens (including phenoxy) is 1. The van der Waals surface area contributed by atoms with Crippen molar-refractivity contribution in [3.63, 3.8) is 0 Å². The van der Waals surface area contributed by atoms with E-state index in [0.717, 1.165) is 34.1 Å². The second kappa shape index (κ2) is 9.64. The van der Waals surface area contributed by atoms with E-state index < -0.39 is 5.41 Å². The second-order valence-corrected chi connectivity index (χ2v) is 10.9. The van der Waals surface area contributed by atoms with Gasteiger partial charge < -0.3 is 9.64 Å². The first-order chi connectivity index (χ1) is 20.8. The summed E-state index contributed by atoms with van der Waals surface area (Å²) in [4.78, 5) is 2.30. The molecule has 200 valence electrons. The number of nitrogens with zero attached hydrogens (tertiary/aromatic N) is 1. The van der Waals surface area contributed by atoms with Gasteiger partial charge >= 0.3 is 0 Å². The van der Waals surface area contributed by atoms with Gasteiger partial charge in [-0.15, -0.1) is 0 Å². The van der Waals surface area contributed by atoms with Gasteiger partial charge in [-0.2, -0.15) is 0 Å². The summed E-state index contributed by atoms with van der Waals surface area (Å²) in [6.07, 6.45) is 4.28. The Kier molecular flexibility index (Phi) is 5.61. The predicted octanol–water partition coefficient (Wildman–Crippen LogP) is 10.7. The summed E-state index contributed by atoms with van der Waals surface area (Å²) in [5, 5.41) is 0. The van der Waals surface area contributed by atoms with Crippen LogP contribution in [0.25, 0.3) is 17.2 Å². The van der Waals surface area contributed by atoms with Gasteiger partial charge in [0.15, 0.2) is 5.75 Å². The third kappa shape index (κ3) is 3.45. The number of hydrogen-bond acceptors (Lipinski definition) is 2. The second-order valence-electron chi connectivity index (χ2n) is 10.9. The van der Waals surface area contributed by atoms with Crippen molar-refractivity contribution in [1.82, 2.24) is 0 Å². The zero-order valence-corrected chi connectivity index (χ0v) is 23.4. The first-order valence-corrected chi connectivity index (χ1v) is 14.5. The van der Waals surface area contributed by atoms with E-state index in [0.29, 0.717) is 0 Å². The summed E-state index contributed by atoms with van der Waals surface area (Å²) in [5.74, 6) is 1.77. The Balaban J connectivity index is 1.48. The lowest BCUT2D eigenvalue weighted by Gasteiger charge is -2.41. The molecule has 1 spiro atoms. The Hall–Kier alpha value is -5.34. The summed E-state index contributed by atoms with van der Waals surface area (Å²) < 4.78 is 6.96. The minimum absolute atomic E-state index is 0.514. The van der Waals surface area contributed by atoms with Crippen molar-refractivity contribution >= 4 is 23.1 Å². The lowest BCUT2D eigenvalue weighted by atomic mass is 9.66. The minimum atomic E-state index is -0.514. The van der Waals surface area contributed by atoms with E-state index in [9.17, 15) is 0 Å². The van der Waals surface area contributed by atoms with Crippen molar-refractivity contribution in [1.29, 1.82) is 0 Å². The largest absolute Gasteiger partial charge is 0.454 e. The van der Waals surface area contributed by atoms with Crippen LogP contribution in [0.2, 0.25) is 0 Å². The summed E-state index contributed by atoms with van der Waals surface area (Å²) in [6, 6.07) is 52.1. The lowest BCUT2D eigenvalue weighted by molar-refractivity contribution is 0.437. The Morgan fingerprint density at radius 2 is 1.17 bits per heavy atom. The van der Waals surface area contributed by atoms with Gasteiger partial charge in [0.2, 0.25) is 0 Å². The SMILES string of the molecule is C/C=C/c1ccc2c(c1)-c1ccccc1C21c2ccccc2Oc2c(N(c3ccccc3)c3ccccc3)cccc21. The molecule has 0 saturated carbocycles. The van der Waals surface area contributed by atoms with E-state index in [1.165, 1.54) is 33.4 Å². The molecule has 42 heavy (non-hydrogen) atoms. The Morgan fingerprint density at radius 1 is 0.548 bits per heavy atom. The van der Waals surface area contributed by atoms with Crippen molar-refractivity contribution in [3.05, 3.63) is 179 Å². The maximum absolute atomic E-state index is 6.96. The molecule has 2 aliphatic rings. The van der Waals surface area contributed by atoms with E-state index in [-0.39, 0.29) is 0 Å². The highest BCUT2D eigenvalue weighted by atomic mass is 16.5. The molecule has 1 aliphatic heterocycles. The van der Waals surface area contributed by atoms with E-state index in [1.807, 2.05) is 0 Å². The monoisotopic (exact) mass is 539 g/mol. The molecule has 8 rings (SSSR count). The molecule has 1 aliphatic carbocycles. The highest BCUT2D eigenvalue weighted by molar-refractivity contribution is 5.92. The van der Waals surface area contributed by atoms with Crippen LogP contribution >= 0.6 is 0 Å². The van der Waals surface area contributed by atoms with Crippen LogP contribution in [0.15, 0.2) is 152 Å². The van der Waals surface area contributed by atoms with Crippen LogP contribution in [0, 0.1) is 0 Å². The Morgan fingerprint density at radius 3 is 1.90 bits per heavy atom. The standard InChI is InChI=1S/C40H29NO/c1-2-14-28-25-26-34-32(27-28)31-19-9-10-20-33(31)40(34)35-21-11-12-24-38(35)42-39-36(40)22-13-23-37(39)41(29-15-5-3-6-16-29)30-17-7-4-8-18-30/h2-27H,1H3/b14-2+. The smallest absolute Gasteiger partial charge is 0.156 e. The normalized spacial score (nSPS) is 15.9. The van der Waals surface area contributed by atoms with Gasteiger partial charge in [0, 0.05) is 22.5 Å². The summed E-state index contributed by atoms with van der Waals surface area (Å²) in [5.41, 5.74) is 11.3. The summed E-state index contributed by atoms with van der Waals surface area (Å²) in [7, 11) is 0. The molecule has 0 fully saturated rings. The minimum Gasteiger partial charge on any atom is -0.454 e. The van der Waals surface area contributed by atoms with Gasteiger partial charge in [-0.1, -0.05) is 115 Å². The maximum Gasteiger partial charge on any atom is 0.156 e. The van der Waals surface area contributed by atoms with Crippen LogP contribution in [0.5, 0.6) is 11.5 Å². The molecule has 0 amide bonds. The molecule has 0 saturated heterocycles. The predicted molar refractivity (Wildman–Crippen MR) is 173 cm³/mol. The van der Waals surface area contributed by atoms with Crippen LogP contribution in [-0.2, 0) is 5.41 Å². The average molecular weight is 540 g/mol. The number of anilines is 3. The molecule has 6 aromatic carbocycles. The van der Waals surface area contributed by atoms with Crippen molar-refractivity contribution in [3.8, 4) is 22.6 Å². The zero-order chi connectivity index (χ0) is 28.1. The Bertz CT molecular complexity index is 1940. The van der Waals surface area contributed by atoms with Crippen molar-refractivity contribution < 1.29 is 4.74 Å². The number of fused-ring (bicyclic) bond motifs is 9. The average Bonchev–Trinajstić information content (AvgIpc) is 3.33. The van der Waals surface area contributed by atoms with Crippen LogP contribution < -0.4 is 9.64 Å². The fourth-order valence-electron chi connectivity index (χ4n) is 6.98. The molecule has 6 aromatic rings. The summed E-state index contributed by atoms with van der Waals surface area (Å²) >= 11 is 0. The molecule has 0 radical (unpaired) electrons. The quantitative estimate of drug-likeness (QED) is 0.221. The van der Waals surface area contributed by atoms with Crippen LogP contribution in [0.1, 0.15) is 34.7 Å². The van der Waals surface area contributed by atoms with Gasteiger partial charge in [-0.25, -0.2) is 0 Å². The molecule has 0 aromatic heterocycles. The molecule has 2 nitrogen and oxygen atoms in total. The van der Waals surface area contributed by atoms with E-state index in [2.05, 4.69) is 170 Å². The van der Waals surface area contributed by atoms with Crippen molar-refractivity contribution in [2.24, 2.45) is 0 Å². The fraction of sp³-hybridized carbons (Fsp3) is 0.0500. The molecular weight excluding hydrogens is 510 g/mol. The number of allylic oxidation sites excluding steroid dienone is 1. The van der Waals surface area contributed by atoms with Crippen molar-refractivity contribution in [2.45, 2.75) is 12.3 Å². The highest BCUT2D eigenvalue weighted by Crippen LogP contribution is 2.63. The number of hydrogen-bond donors (Lipinski definition) is 0. The van der Waals surface area contributed by atoms with Gasteiger partial charge in [-0.05, 0) is 77.2 Å². The maximum atomic E-state index is 6.96. The van der Waals surface area contributed by atoms with Gasteiger partial charge in [-0.3, -0.25) is 0 Å². The molecule has 0 bridgehead atoms. The summed E-state index contributed by atoms with van der Waals surface area (Å²) in [6.45, 7) is 2.07. The first-order valence-electron chi connectivity index (χ1n) is 14.5. The number of rotatable bonds is 4. The fourth-order valence-corrected chi connectivity index (χ4v) is 6.98. The Labute approximate surface area is 246 Å². The van der Waals surface area contributed by atoms with Gasteiger partial charge in [0.1, 0.15) is 5.75 Å². The van der Waals surface area contributed by atoms with Crippen molar-refractivity contribution in [2.75, 3.05) is 4.90 Å². The lowest BCUT2D eigenvalue weighted by Crippen LogP contribution is -2.32. The molecule has 1 unspecified atom stereocenters. The number of benzene rings is 6. The van der Waals surface area contributed by atoms with Crippen LogP contribution in [0.3, 0.4) is 0 Å². The van der Waals surface area contributed by atoms with Crippen LogP contribution in [0.4, 0.5) is 17.1 Å². The van der Waals surface area contributed by atoms with Crippen LogP contribution in [-0.4, -0.2) is 0 Å². The third-order valence-corrected chi connectivity index (χ3v) is 8.60. The first kappa shape index (κ1) is 24.5. The topological polar surface area (TPSA) is 12.5 Å².